The SMILES string of the molecule is CCCCOC(=O)Nc1cccc(C(O)Nc2c3ccccc3nc3cc(NC)ccc23)c1. The summed E-state index contributed by atoms with van der Waals surface area (Å²) in [5.41, 5.74) is 4.57. The highest BCUT2D eigenvalue weighted by molar-refractivity contribution is 6.08. The molecule has 1 aromatic heterocycles. The number of anilines is 3. The van der Waals surface area contributed by atoms with Gasteiger partial charge in [0.1, 0.15) is 0 Å². The van der Waals surface area contributed by atoms with Crippen LogP contribution < -0.4 is 16.0 Å². The van der Waals surface area contributed by atoms with Gasteiger partial charge >= 0.3 is 6.09 Å². The lowest BCUT2D eigenvalue weighted by Gasteiger charge is -2.19. The fourth-order valence-electron chi connectivity index (χ4n) is 3.67. The summed E-state index contributed by atoms with van der Waals surface area (Å²) >= 11 is 0. The molecule has 4 N–H and O–H groups in total. The van der Waals surface area contributed by atoms with Crippen LogP contribution in [0.2, 0.25) is 0 Å². The third-order valence-electron chi connectivity index (χ3n) is 5.43. The van der Waals surface area contributed by atoms with E-state index in [0.29, 0.717) is 17.9 Å². The number of benzene rings is 3. The Morgan fingerprint density at radius 2 is 1.82 bits per heavy atom. The van der Waals surface area contributed by atoms with Crippen LogP contribution in [0.3, 0.4) is 0 Å². The lowest BCUT2D eigenvalue weighted by Crippen LogP contribution is -2.15. The van der Waals surface area contributed by atoms with Gasteiger partial charge in [0, 0.05) is 34.8 Å². The Morgan fingerprint density at radius 3 is 2.64 bits per heavy atom. The number of amides is 1. The average Bonchev–Trinajstić information content (AvgIpc) is 2.83. The van der Waals surface area contributed by atoms with Gasteiger partial charge in [0.2, 0.25) is 0 Å². The number of para-hydroxylation sites is 1. The standard InChI is InChI=1S/C26H28N4O3/c1-3-4-14-33-26(32)28-19-9-7-8-17(15-19)25(31)30-24-20-10-5-6-11-22(20)29-23-16-18(27-2)12-13-21(23)24/h5-13,15-16,25,27,31H,3-4,14H2,1-2H3,(H,28,32)(H,29,30). The van der Waals surface area contributed by atoms with Crippen LogP contribution in [0.25, 0.3) is 21.8 Å². The van der Waals surface area contributed by atoms with Gasteiger partial charge in [-0.3, -0.25) is 5.32 Å². The minimum atomic E-state index is -0.999. The molecule has 4 rings (SSSR count). The summed E-state index contributed by atoms with van der Waals surface area (Å²) in [6.07, 6.45) is 0.269. The second-order valence-electron chi connectivity index (χ2n) is 7.77. The number of ether oxygens (including phenoxy) is 1. The first kappa shape index (κ1) is 22.4. The molecule has 7 heteroatoms. The van der Waals surface area contributed by atoms with Crippen molar-refractivity contribution >= 4 is 45.0 Å². The van der Waals surface area contributed by atoms with Crippen LogP contribution in [0.15, 0.2) is 66.7 Å². The number of nitrogens with one attached hydrogen (secondary N) is 3. The van der Waals surface area contributed by atoms with Gasteiger partial charge < -0.3 is 20.5 Å². The van der Waals surface area contributed by atoms with E-state index in [0.717, 1.165) is 46.0 Å². The minimum Gasteiger partial charge on any atom is -0.449 e. The Balaban J connectivity index is 1.62. The van der Waals surface area contributed by atoms with Crippen molar-refractivity contribution in [2.75, 3.05) is 29.6 Å². The molecule has 0 aliphatic heterocycles. The van der Waals surface area contributed by atoms with Crippen molar-refractivity contribution in [2.24, 2.45) is 0 Å². The van der Waals surface area contributed by atoms with Crippen LogP contribution in [0.4, 0.5) is 21.9 Å². The van der Waals surface area contributed by atoms with E-state index in [1.165, 1.54) is 0 Å². The molecule has 0 aliphatic rings. The zero-order valence-corrected chi connectivity index (χ0v) is 18.8. The second kappa shape index (κ2) is 10.2. The van der Waals surface area contributed by atoms with E-state index in [1.807, 2.05) is 56.4 Å². The summed E-state index contributed by atoms with van der Waals surface area (Å²) in [5.74, 6) is 0. The second-order valence-corrected chi connectivity index (χ2v) is 7.77. The number of hydrogen-bond acceptors (Lipinski definition) is 6. The summed E-state index contributed by atoms with van der Waals surface area (Å²) in [6.45, 7) is 2.41. The molecule has 7 nitrogen and oxygen atoms in total. The summed E-state index contributed by atoms with van der Waals surface area (Å²) < 4.78 is 5.16. The number of pyridine rings is 1. The van der Waals surface area contributed by atoms with Crippen LogP contribution >= 0.6 is 0 Å². The van der Waals surface area contributed by atoms with Crippen molar-refractivity contribution in [2.45, 2.75) is 26.0 Å². The van der Waals surface area contributed by atoms with Gasteiger partial charge in [0.25, 0.3) is 0 Å². The maximum Gasteiger partial charge on any atom is 0.411 e. The maximum atomic E-state index is 12.0. The van der Waals surface area contributed by atoms with Crippen molar-refractivity contribution in [3.8, 4) is 0 Å². The van der Waals surface area contributed by atoms with E-state index >= 15 is 0 Å². The molecule has 0 saturated heterocycles. The molecule has 4 aromatic rings. The van der Waals surface area contributed by atoms with Crippen LogP contribution in [-0.4, -0.2) is 29.8 Å². The summed E-state index contributed by atoms with van der Waals surface area (Å²) in [6, 6.07) is 20.8. The minimum absolute atomic E-state index is 0.379. The van der Waals surface area contributed by atoms with Crippen LogP contribution in [0, 0.1) is 0 Å². The molecule has 0 fully saturated rings. The first-order chi connectivity index (χ1) is 16.1. The highest BCUT2D eigenvalue weighted by Crippen LogP contribution is 2.34. The smallest absolute Gasteiger partial charge is 0.411 e. The quantitative estimate of drug-likeness (QED) is 0.154. The zero-order valence-electron chi connectivity index (χ0n) is 18.8. The number of carbonyl (C=O) groups is 1. The largest absolute Gasteiger partial charge is 0.449 e. The topological polar surface area (TPSA) is 95.5 Å². The molecule has 0 bridgehead atoms. The summed E-state index contributed by atoms with van der Waals surface area (Å²) in [7, 11) is 1.87. The Hall–Kier alpha value is -3.84. The van der Waals surface area contributed by atoms with E-state index in [9.17, 15) is 9.90 Å². The van der Waals surface area contributed by atoms with Gasteiger partial charge in [0.15, 0.2) is 6.23 Å². The van der Waals surface area contributed by atoms with Crippen molar-refractivity contribution in [3.05, 3.63) is 72.3 Å². The Labute approximate surface area is 192 Å². The van der Waals surface area contributed by atoms with E-state index in [-0.39, 0.29) is 0 Å². The molecule has 170 valence electrons. The highest BCUT2D eigenvalue weighted by Gasteiger charge is 2.15. The predicted molar refractivity (Wildman–Crippen MR) is 134 cm³/mol. The van der Waals surface area contributed by atoms with Gasteiger partial charge in [-0.2, -0.15) is 0 Å². The third-order valence-corrected chi connectivity index (χ3v) is 5.43. The number of fused-ring (bicyclic) bond motifs is 2. The lowest BCUT2D eigenvalue weighted by atomic mass is 10.1. The van der Waals surface area contributed by atoms with Crippen LogP contribution in [0.5, 0.6) is 0 Å². The molecule has 3 aromatic carbocycles. The van der Waals surface area contributed by atoms with Gasteiger partial charge in [-0.25, -0.2) is 9.78 Å². The lowest BCUT2D eigenvalue weighted by molar-refractivity contribution is 0.160. The highest BCUT2D eigenvalue weighted by atomic mass is 16.5. The molecule has 0 radical (unpaired) electrons. The molecule has 0 aliphatic carbocycles. The molecule has 1 atom stereocenters. The fourth-order valence-corrected chi connectivity index (χ4v) is 3.67. The number of nitrogens with zero attached hydrogens (tertiary/aromatic N) is 1. The van der Waals surface area contributed by atoms with Gasteiger partial charge in [0.05, 0.1) is 23.3 Å². The molecule has 1 amide bonds. The third kappa shape index (κ3) is 5.15. The number of unbranched alkanes of at least 4 members (excludes halogenated alkanes) is 1. The van der Waals surface area contributed by atoms with Crippen LogP contribution in [0.1, 0.15) is 31.6 Å². The van der Waals surface area contributed by atoms with Crippen molar-refractivity contribution in [1.29, 1.82) is 0 Å². The Bertz CT molecular complexity index is 1280. The molecule has 0 spiro atoms. The zero-order chi connectivity index (χ0) is 23.2. The van der Waals surface area contributed by atoms with E-state index < -0.39 is 12.3 Å². The number of rotatable bonds is 8. The number of aliphatic hydroxyl groups excluding tert-OH is 1. The molecule has 33 heavy (non-hydrogen) atoms. The molecular formula is C26H28N4O3. The molecular weight excluding hydrogens is 416 g/mol. The number of carbonyl (C=O) groups excluding carboxylic acids is 1. The van der Waals surface area contributed by atoms with Gasteiger partial charge in [-0.05, 0) is 42.8 Å². The monoisotopic (exact) mass is 444 g/mol. The average molecular weight is 445 g/mol. The first-order valence-electron chi connectivity index (χ1n) is 11.1. The van der Waals surface area contributed by atoms with Gasteiger partial charge in [-0.1, -0.05) is 43.7 Å². The summed E-state index contributed by atoms with van der Waals surface area (Å²) in [5, 5.41) is 22.0. The summed E-state index contributed by atoms with van der Waals surface area (Å²) in [4.78, 5) is 16.8. The van der Waals surface area contributed by atoms with Crippen LogP contribution in [-0.2, 0) is 4.74 Å². The molecule has 1 unspecified atom stereocenters. The van der Waals surface area contributed by atoms with Crippen molar-refractivity contribution in [1.82, 2.24) is 4.98 Å². The van der Waals surface area contributed by atoms with Crippen molar-refractivity contribution < 1.29 is 14.6 Å². The van der Waals surface area contributed by atoms with E-state index in [1.54, 1.807) is 24.3 Å². The molecule has 1 heterocycles. The van der Waals surface area contributed by atoms with Crippen molar-refractivity contribution in [3.63, 3.8) is 0 Å². The first-order valence-corrected chi connectivity index (χ1v) is 11.1. The van der Waals surface area contributed by atoms with E-state index in [4.69, 9.17) is 9.72 Å². The predicted octanol–water partition coefficient (Wildman–Crippen LogP) is 5.88. The van der Waals surface area contributed by atoms with Gasteiger partial charge in [-0.15, -0.1) is 0 Å². The normalized spacial score (nSPS) is 11.8. The maximum absolute atomic E-state index is 12.0. The number of aromatic nitrogens is 1. The Kier molecular flexibility index (Phi) is 6.90. The fraction of sp³-hybridized carbons (Fsp3) is 0.231. The number of aliphatic hydroxyl groups is 1. The Morgan fingerprint density at radius 1 is 1.00 bits per heavy atom. The van der Waals surface area contributed by atoms with E-state index in [2.05, 4.69) is 16.0 Å². The number of hydrogen-bond donors (Lipinski definition) is 4. The molecule has 0 saturated carbocycles.